The third-order valence-electron chi connectivity index (χ3n) is 5.77. The van der Waals surface area contributed by atoms with E-state index in [4.69, 9.17) is 14.2 Å². The van der Waals surface area contributed by atoms with E-state index in [2.05, 4.69) is 9.72 Å². The number of hydrogen-bond acceptors (Lipinski definition) is 8. The van der Waals surface area contributed by atoms with Crippen molar-refractivity contribution in [3.05, 3.63) is 76.1 Å². The lowest BCUT2D eigenvalue weighted by molar-refractivity contribution is -0.386. The second-order valence-electron chi connectivity index (χ2n) is 9.02. The van der Waals surface area contributed by atoms with Gasteiger partial charge in [-0.1, -0.05) is 24.3 Å². The fourth-order valence-electron chi connectivity index (χ4n) is 3.91. The molecule has 35 heavy (non-hydrogen) atoms. The average molecular weight is 485 g/mol. The van der Waals surface area contributed by atoms with Crippen molar-refractivity contribution in [3.8, 4) is 5.75 Å². The van der Waals surface area contributed by atoms with Crippen LogP contribution in [0.3, 0.4) is 0 Å². The summed E-state index contributed by atoms with van der Waals surface area (Å²) < 4.78 is 23.2. The first-order chi connectivity index (χ1) is 16.7. The summed E-state index contributed by atoms with van der Waals surface area (Å²) in [5.41, 5.74) is 0.562. The minimum atomic E-state index is -1.01. The normalized spacial score (nSPS) is 20.5. The van der Waals surface area contributed by atoms with Gasteiger partial charge in [0.15, 0.2) is 17.6 Å². The van der Waals surface area contributed by atoms with Crippen molar-refractivity contribution in [2.45, 2.75) is 58.0 Å². The molecule has 0 saturated carbocycles. The van der Waals surface area contributed by atoms with Gasteiger partial charge in [-0.2, -0.15) is 0 Å². The topological polar surface area (TPSA) is 110 Å². The van der Waals surface area contributed by atoms with Gasteiger partial charge in [0.1, 0.15) is 0 Å². The van der Waals surface area contributed by atoms with Crippen LogP contribution in [0.1, 0.15) is 50.3 Å². The van der Waals surface area contributed by atoms with Gasteiger partial charge in [-0.3, -0.25) is 19.9 Å². The smallest absolute Gasteiger partial charge is 0.311 e. The standard InChI is InChI=1S/C26H32N2O7/c1-18-12-13-22(21(15-18)28(30)31)35-26(2,3)25-33-17-20(9-6-5-7-11-23(29)32-4)24(34-25)19-10-8-14-27-16-19/h5-6,8,10,12-16,20,24-25H,7,9,11,17H2,1-4H3/b6-5-/t20-,24-,25+/m1/s1. The number of nitrogens with zero attached hydrogens (tertiary/aromatic N) is 2. The summed E-state index contributed by atoms with van der Waals surface area (Å²) >= 11 is 0. The number of benzene rings is 1. The summed E-state index contributed by atoms with van der Waals surface area (Å²) in [7, 11) is 1.37. The molecule has 2 heterocycles. The Hall–Kier alpha value is -3.30. The van der Waals surface area contributed by atoms with Crippen LogP contribution in [-0.2, 0) is 19.0 Å². The number of rotatable bonds is 10. The molecule has 0 amide bonds. The molecule has 1 aromatic carbocycles. The Balaban J connectivity index is 1.74. The minimum absolute atomic E-state index is 0.00865. The first-order valence-electron chi connectivity index (χ1n) is 11.5. The van der Waals surface area contributed by atoms with Crippen LogP contribution >= 0.6 is 0 Å². The molecular formula is C26H32N2O7. The second-order valence-corrected chi connectivity index (χ2v) is 9.02. The summed E-state index contributed by atoms with van der Waals surface area (Å²) in [4.78, 5) is 26.6. The number of methoxy groups -OCH3 is 1. The maximum Gasteiger partial charge on any atom is 0.311 e. The zero-order valence-corrected chi connectivity index (χ0v) is 20.5. The van der Waals surface area contributed by atoms with E-state index < -0.39 is 16.8 Å². The molecule has 1 fully saturated rings. The Bertz CT molecular complexity index is 1040. The fourth-order valence-corrected chi connectivity index (χ4v) is 3.91. The SMILES string of the molecule is COC(=O)CC/C=C\C[C@@H]1CO[C@H](C(C)(C)Oc2ccc(C)cc2[N+](=O)[O-])O[C@@H]1c1cccnc1. The van der Waals surface area contributed by atoms with Gasteiger partial charge in [0.25, 0.3) is 0 Å². The molecule has 0 spiro atoms. The van der Waals surface area contributed by atoms with Crippen molar-refractivity contribution in [1.82, 2.24) is 4.98 Å². The Kier molecular flexibility index (Phi) is 8.95. The number of pyridine rings is 1. The molecule has 1 aliphatic rings. The molecule has 9 heteroatoms. The van der Waals surface area contributed by atoms with Crippen molar-refractivity contribution in [2.24, 2.45) is 5.92 Å². The van der Waals surface area contributed by atoms with Crippen LogP contribution in [0.4, 0.5) is 5.69 Å². The van der Waals surface area contributed by atoms with Crippen molar-refractivity contribution in [1.29, 1.82) is 0 Å². The fraction of sp³-hybridized carbons (Fsp3) is 0.462. The highest BCUT2D eigenvalue weighted by molar-refractivity contribution is 5.69. The number of aromatic nitrogens is 1. The third kappa shape index (κ3) is 7.10. The van der Waals surface area contributed by atoms with Crippen LogP contribution in [0, 0.1) is 23.0 Å². The zero-order valence-electron chi connectivity index (χ0n) is 20.5. The highest BCUT2D eigenvalue weighted by Gasteiger charge is 2.42. The average Bonchev–Trinajstić information content (AvgIpc) is 2.85. The molecule has 2 aromatic rings. The van der Waals surface area contributed by atoms with Crippen LogP contribution in [-0.4, -0.2) is 41.5 Å². The number of aryl methyl sites for hydroxylation is 1. The van der Waals surface area contributed by atoms with Crippen LogP contribution in [0.25, 0.3) is 0 Å². The summed E-state index contributed by atoms with van der Waals surface area (Å²) in [6, 6.07) is 8.64. The van der Waals surface area contributed by atoms with Crippen LogP contribution in [0.5, 0.6) is 5.75 Å². The van der Waals surface area contributed by atoms with E-state index in [0.717, 1.165) is 11.1 Å². The van der Waals surface area contributed by atoms with Gasteiger partial charge >= 0.3 is 11.7 Å². The van der Waals surface area contributed by atoms with Gasteiger partial charge in [0.05, 0.1) is 24.7 Å². The van der Waals surface area contributed by atoms with E-state index in [0.29, 0.717) is 25.9 Å². The number of ether oxygens (including phenoxy) is 4. The van der Waals surface area contributed by atoms with Crippen molar-refractivity contribution in [3.63, 3.8) is 0 Å². The molecule has 3 rings (SSSR count). The molecule has 1 aromatic heterocycles. The number of nitro benzene ring substituents is 1. The molecule has 0 aliphatic carbocycles. The number of carbonyl (C=O) groups is 1. The van der Waals surface area contributed by atoms with Gasteiger partial charge in [-0.15, -0.1) is 0 Å². The van der Waals surface area contributed by atoms with Crippen LogP contribution < -0.4 is 4.74 Å². The molecule has 0 N–H and O–H groups in total. The van der Waals surface area contributed by atoms with E-state index in [1.54, 1.807) is 45.3 Å². The maximum absolute atomic E-state index is 11.5. The highest BCUT2D eigenvalue weighted by Crippen LogP contribution is 2.39. The maximum atomic E-state index is 11.5. The van der Waals surface area contributed by atoms with Gasteiger partial charge in [-0.05, 0) is 56.9 Å². The lowest BCUT2D eigenvalue weighted by atomic mass is 9.92. The predicted octanol–water partition coefficient (Wildman–Crippen LogP) is 5.09. The van der Waals surface area contributed by atoms with Gasteiger partial charge in [0.2, 0.25) is 0 Å². The molecule has 0 unspecified atom stereocenters. The first-order valence-corrected chi connectivity index (χ1v) is 11.5. The number of allylic oxidation sites excluding steroid dienone is 2. The van der Waals surface area contributed by atoms with Gasteiger partial charge < -0.3 is 18.9 Å². The van der Waals surface area contributed by atoms with E-state index in [9.17, 15) is 14.9 Å². The van der Waals surface area contributed by atoms with Crippen molar-refractivity contribution >= 4 is 11.7 Å². The Morgan fingerprint density at radius 1 is 1.31 bits per heavy atom. The summed E-state index contributed by atoms with van der Waals surface area (Å²) in [5.74, 6) is -0.0770. The Morgan fingerprint density at radius 3 is 2.80 bits per heavy atom. The molecule has 0 radical (unpaired) electrons. The van der Waals surface area contributed by atoms with Crippen LogP contribution in [0.15, 0.2) is 54.9 Å². The first kappa shape index (κ1) is 26.3. The second kappa shape index (κ2) is 11.9. The van der Waals surface area contributed by atoms with Crippen LogP contribution in [0.2, 0.25) is 0 Å². The summed E-state index contributed by atoms with van der Waals surface area (Å²) in [5, 5.41) is 11.5. The zero-order chi connectivity index (χ0) is 25.4. The number of esters is 1. The molecule has 0 bridgehead atoms. The quantitative estimate of drug-likeness (QED) is 0.199. The third-order valence-corrected chi connectivity index (χ3v) is 5.77. The molecule has 1 saturated heterocycles. The summed E-state index contributed by atoms with van der Waals surface area (Å²) in [6.07, 6.45) is 7.95. The number of nitro groups is 1. The molecule has 3 atom stereocenters. The molecule has 188 valence electrons. The van der Waals surface area contributed by atoms with Crippen molar-refractivity contribution in [2.75, 3.05) is 13.7 Å². The number of hydrogen-bond donors (Lipinski definition) is 0. The summed E-state index contributed by atoms with van der Waals surface area (Å²) in [6.45, 7) is 5.76. The van der Waals surface area contributed by atoms with E-state index >= 15 is 0 Å². The lowest BCUT2D eigenvalue weighted by Gasteiger charge is -2.42. The largest absolute Gasteiger partial charge is 0.475 e. The van der Waals surface area contributed by atoms with E-state index in [1.807, 2.05) is 24.3 Å². The van der Waals surface area contributed by atoms with E-state index in [1.165, 1.54) is 13.2 Å². The lowest BCUT2D eigenvalue weighted by Crippen LogP contribution is -2.50. The predicted molar refractivity (Wildman–Crippen MR) is 129 cm³/mol. The highest BCUT2D eigenvalue weighted by atomic mass is 16.7. The van der Waals surface area contributed by atoms with Gasteiger partial charge in [0, 0.05) is 30.8 Å². The monoisotopic (exact) mass is 484 g/mol. The molecular weight excluding hydrogens is 452 g/mol. The molecule has 9 nitrogen and oxygen atoms in total. The Labute approximate surface area is 205 Å². The minimum Gasteiger partial charge on any atom is -0.475 e. The van der Waals surface area contributed by atoms with Crippen molar-refractivity contribution < 1.29 is 28.7 Å². The van der Waals surface area contributed by atoms with Gasteiger partial charge in [-0.25, -0.2) is 0 Å². The Morgan fingerprint density at radius 2 is 2.11 bits per heavy atom. The van der Waals surface area contributed by atoms with E-state index in [-0.39, 0.29) is 29.4 Å². The molecule has 1 aliphatic heterocycles. The number of carbonyl (C=O) groups excluding carboxylic acids is 1.